The fourth-order valence-electron chi connectivity index (χ4n) is 2.52. The standard InChI is InChI=1S/C15H13ClINO7/c16-6-4-7(17)12(8-5(6)2-1-3-18-8)24-15-11(21)9(19)10(20)13(25-15)14(22)23/h1-4,9-11,13,15,19-21H,(H,22,23)/t9-,10-,11+,13-,15?/m0/s1/i17-3. The molecule has 2 aromatic rings. The van der Waals surface area contributed by atoms with Gasteiger partial charge in [0.25, 0.3) is 0 Å². The number of halogens is 2. The van der Waals surface area contributed by atoms with Crippen molar-refractivity contribution < 1.29 is 34.7 Å². The second-order valence-electron chi connectivity index (χ2n) is 5.42. The molecule has 1 saturated heterocycles. The first-order chi connectivity index (χ1) is 11.8. The van der Waals surface area contributed by atoms with Gasteiger partial charge in [-0.1, -0.05) is 11.6 Å². The van der Waals surface area contributed by atoms with E-state index in [9.17, 15) is 20.1 Å². The molecule has 0 saturated carbocycles. The number of aliphatic carboxylic acids is 1. The SMILES string of the molecule is O=C(O)[C@H]1OC(Oc2c([124I])cc(Cl)c3cccnc23)[C@H](O)[C@@H](O)[C@@H]1O. The number of fused-ring (bicyclic) bond motifs is 1. The summed E-state index contributed by atoms with van der Waals surface area (Å²) in [5, 5.41) is 39.8. The summed E-state index contributed by atoms with van der Waals surface area (Å²) in [4.78, 5) is 15.4. The Bertz CT molecular complexity index is 820. The van der Waals surface area contributed by atoms with E-state index in [1.165, 1.54) is 6.20 Å². The predicted molar refractivity (Wildman–Crippen MR) is 94.4 cm³/mol. The van der Waals surface area contributed by atoms with Crippen molar-refractivity contribution in [2.45, 2.75) is 30.7 Å². The maximum Gasteiger partial charge on any atom is 0.335 e. The summed E-state index contributed by atoms with van der Waals surface area (Å²) in [6.45, 7) is 0. The van der Waals surface area contributed by atoms with E-state index in [-0.39, 0.29) is 5.75 Å². The molecule has 1 fully saturated rings. The molecular weight excluding hydrogens is 466 g/mol. The van der Waals surface area contributed by atoms with Crippen LogP contribution in [0.2, 0.25) is 5.02 Å². The number of pyridine rings is 1. The van der Waals surface area contributed by atoms with Crippen molar-refractivity contribution in [3.8, 4) is 5.75 Å². The van der Waals surface area contributed by atoms with Gasteiger partial charge < -0.3 is 29.9 Å². The number of rotatable bonds is 3. The quantitative estimate of drug-likeness (QED) is 0.476. The predicted octanol–water partition coefficient (Wildman–Crippen LogP) is 0.764. The largest absolute Gasteiger partial charge is 0.479 e. The average Bonchev–Trinajstić information content (AvgIpc) is 2.58. The number of aliphatic hydroxyl groups is 3. The maximum absolute atomic E-state index is 11.2. The molecule has 0 spiro atoms. The first-order valence-electron chi connectivity index (χ1n) is 7.13. The first kappa shape index (κ1) is 18.5. The molecule has 5 atom stereocenters. The van der Waals surface area contributed by atoms with Gasteiger partial charge in [-0.05, 0) is 40.8 Å². The summed E-state index contributed by atoms with van der Waals surface area (Å²) in [5.41, 5.74) is 0.391. The molecule has 1 aliphatic heterocycles. The van der Waals surface area contributed by atoms with Crippen molar-refractivity contribution in [1.82, 2.24) is 4.98 Å². The van der Waals surface area contributed by atoms with Gasteiger partial charge in [-0.25, -0.2) is 4.79 Å². The third kappa shape index (κ3) is 3.39. The van der Waals surface area contributed by atoms with E-state index < -0.39 is 36.7 Å². The topological polar surface area (TPSA) is 129 Å². The highest BCUT2D eigenvalue weighted by molar-refractivity contribution is 14.1. The summed E-state index contributed by atoms with van der Waals surface area (Å²) in [6, 6.07) is 5.04. The Hall–Kier alpha value is -1.24. The normalized spacial score (nSPS) is 29.6. The summed E-state index contributed by atoms with van der Waals surface area (Å²) in [5.74, 6) is -1.27. The van der Waals surface area contributed by atoms with Crippen LogP contribution >= 0.6 is 34.2 Å². The van der Waals surface area contributed by atoms with Crippen LogP contribution in [0.1, 0.15) is 0 Å². The number of benzene rings is 1. The molecule has 3 rings (SSSR count). The van der Waals surface area contributed by atoms with E-state index in [2.05, 4.69) is 4.98 Å². The van der Waals surface area contributed by atoms with Gasteiger partial charge in [0.05, 0.1) is 8.59 Å². The molecule has 10 heteroatoms. The maximum atomic E-state index is 11.2. The Balaban J connectivity index is 1.99. The molecule has 134 valence electrons. The Morgan fingerprint density at radius 2 is 2.00 bits per heavy atom. The Morgan fingerprint density at radius 3 is 2.68 bits per heavy atom. The van der Waals surface area contributed by atoms with Crippen LogP contribution in [0.15, 0.2) is 24.4 Å². The van der Waals surface area contributed by atoms with Gasteiger partial charge in [-0.15, -0.1) is 0 Å². The number of hydrogen-bond acceptors (Lipinski definition) is 7. The summed E-state index contributed by atoms with van der Waals surface area (Å²) < 4.78 is 11.3. The fourth-order valence-corrected chi connectivity index (χ4v) is 3.66. The highest BCUT2D eigenvalue weighted by atomic mass is 124. The van der Waals surface area contributed by atoms with Gasteiger partial charge in [0.1, 0.15) is 23.8 Å². The van der Waals surface area contributed by atoms with Crippen LogP contribution in [-0.4, -0.2) is 62.1 Å². The van der Waals surface area contributed by atoms with Crippen molar-refractivity contribution in [3.63, 3.8) is 0 Å². The highest BCUT2D eigenvalue weighted by Crippen LogP contribution is 2.36. The fraction of sp³-hybridized carbons (Fsp3) is 0.333. The summed E-state index contributed by atoms with van der Waals surface area (Å²) in [6.07, 6.45) is -6.92. The van der Waals surface area contributed by atoms with Crippen LogP contribution in [0.25, 0.3) is 10.9 Å². The lowest BCUT2D eigenvalue weighted by Crippen LogP contribution is -2.61. The van der Waals surface area contributed by atoms with Crippen molar-refractivity contribution >= 4 is 51.1 Å². The zero-order valence-corrected chi connectivity index (χ0v) is 15.3. The zero-order valence-electron chi connectivity index (χ0n) is 12.4. The lowest BCUT2D eigenvalue weighted by Gasteiger charge is -2.38. The minimum Gasteiger partial charge on any atom is -0.479 e. The third-order valence-corrected chi connectivity index (χ3v) is 4.91. The van der Waals surface area contributed by atoms with Crippen LogP contribution in [0, 0.1) is 3.57 Å². The van der Waals surface area contributed by atoms with Gasteiger partial charge in [0.15, 0.2) is 11.9 Å². The molecule has 0 aliphatic carbocycles. The van der Waals surface area contributed by atoms with Crippen LogP contribution in [0.3, 0.4) is 0 Å². The Morgan fingerprint density at radius 1 is 1.28 bits per heavy atom. The summed E-state index contributed by atoms with van der Waals surface area (Å²) in [7, 11) is 0. The lowest BCUT2D eigenvalue weighted by molar-refractivity contribution is -0.271. The van der Waals surface area contributed by atoms with E-state index in [1.54, 1.807) is 18.2 Å². The van der Waals surface area contributed by atoms with Crippen molar-refractivity contribution in [3.05, 3.63) is 33.0 Å². The Kier molecular flexibility index (Phi) is 5.32. The average molecular weight is 479 g/mol. The van der Waals surface area contributed by atoms with Gasteiger partial charge in [-0.2, -0.15) is 0 Å². The number of carbonyl (C=O) groups is 1. The molecule has 0 radical (unpaired) electrons. The lowest BCUT2D eigenvalue weighted by atomic mass is 9.99. The number of carboxylic acids is 1. The first-order valence-corrected chi connectivity index (χ1v) is 8.58. The molecule has 0 bridgehead atoms. The van der Waals surface area contributed by atoms with Crippen LogP contribution in [0.4, 0.5) is 0 Å². The molecule has 1 aromatic carbocycles. The molecule has 1 unspecified atom stereocenters. The van der Waals surface area contributed by atoms with Crippen molar-refractivity contribution in [2.75, 3.05) is 0 Å². The number of ether oxygens (including phenoxy) is 2. The number of hydrogen-bond donors (Lipinski definition) is 4. The number of nitrogens with zero attached hydrogens (tertiary/aromatic N) is 1. The second-order valence-corrected chi connectivity index (χ2v) is 6.99. The van der Waals surface area contributed by atoms with E-state index in [0.717, 1.165) is 0 Å². The molecular formula is C15H13ClINO7. The van der Waals surface area contributed by atoms with E-state index in [4.69, 9.17) is 26.2 Å². The van der Waals surface area contributed by atoms with Crippen LogP contribution in [0.5, 0.6) is 5.75 Å². The monoisotopic (exact) mass is 478 g/mol. The van der Waals surface area contributed by atoms with Gasteiger partial charge >= 0.3 is 5.97 Å². The van der Waals surface area contributed by atoms with Gasteiger partial charge in [-0.3, -0.25) is 4.98 Å². The van der Waals surface area contributed by atoms with Crippen molar-refractivity contribution in [2.24, 2.45) is 0 Å². The molecule has 25 heavy (non-hydrogen) atoms. The number of aromatic nitrogens is 1. The second kappa shape index (κ2) is 7.17. The van der Waals surface area contributed by atoms with Gasteiger partial charge in [0.2, 0.25) is 6.29 Å². The molecule has 0 amide bonds. The Labute approximate surface area is 160 Å². The van der Waals surface area contributed by atoms with E-state index >= 15 is 0 Å². The minimum absolute atomic E-state index is 0.220. The molecule has 1 aromatic heterocycles. The number of carboxylic acid groups (broad SMARTS) is 1. The van der Waals surface area contributed by atoms with Crippen LogP contribution in [-0.2, 0) is 9.53 Å². The minimum atomic E-state index is -1.79. The van der Waals surface area contributed by atoms with Gasteiger partial charge in [0, 0.05) is 11.6 Å². The summed E-state index contributed by atoms with van der Waals surface area (Å²) >= 11 is 8.13. The molecule has 8 nitrogen and oxygen atoms in total. The number of aliphatic hydroxyl groups excluding tert-OH is 3. The molecule has 2 heterocycles. The molecule has 4 N–H and O–H groups in total. The molecule has 1 aliphatic rings. The van der Waals surface area contributed by atoms with E-state index in [0.29, 0.717) is 19.5 Å². The highest BCUT2D eigenvalue weighted by Gasteiger charge is 2.48. The third-order valence-electron chi connectivity index (χ3n) is 3.80. The van der Waals surface area contributed by atoms with Crippen LogP contribution < -0.4 is 4.74 Å². The smallest absolute Gasteiger partial charge is 0.335 e. The van der Waals surface area contributed by atoms with E-state index in [1.807, 2.05) is 22.6 Å². The van der Waals surface area contributed by atoms with Crippen molar-refractivity contribution in [1.29, 1.82) is 0 Å². The zero-order chi connectivity index (χ0) is 18.3.